The zero-order valence-corrected chi connectivity index (χ0v) is 19.5. The van der Waals surface area contributed by atoms with Crippen LogP contribution in [0, 0.1) is 10.5 Å². The number of hydrogen-bond acceptors (Lipinski definition) is 6. The molecule has 1 saturated heterocycles. The molecule has 1 fully saturated rings. The number of carbonyl (C=O) groups excluding carboxylic acids is 3. The highest BCUT2D eigenvalue weighted by Crippen LogP contribution is 2.37. The number of carbonyl (C=O) groups is 3. The van der Waals surface area contributed by atoms with Crippen LogP contribution in [0.25, 0.3) is 6.08 Å². The molecule has 1 N–H and O–H groups in total. The van der Waals surface area contributed by atoms with Gasteiger partial charge in [0.05, 0.1) is 22.7 Å². The summed E-state index contributed by atoms with van der Waals surface area (Å²) < 4.78 is 11.4. The highest BCUT2D eigenvalue weighted by Gasteiger charge is 2.36. The maximum atomic E-state index is 12.7. The van der Waals surface area contributed by atoms with Crippen molar-refractivity contribution in [3.63, 3.8) is 0 Å². The summed E-state index contributed by atoms with van der Waals surface area (Å²) >= 11 is 2.91. The summed E-state index contributed by atoms with van der Waals surface area (Å²) in [6, 6.07) is 10.8. The highest BCUT2D eigenvalue weighted by atomic mass is 127. The average molecular weight is 538 g/mol. The van der Waals surface area contributed by atoms with Crippen LogP contribution in [0.15, 0.2) is 41.3 Å². The van der Waals surface area contributed by atoms with Crippen molar-refractivity contribution in [2.45, 2.75) is 6.92 Å². The van der Waals surface area contributed by atoms with E-state index in [2.05, 4.69) is 27.9 Å². The molecule has 3 amide bonds. The Morgan fingerprint density at radius 3 is 2.60 bits per heavy atom. The molecule has 7 nitrogen and oxygen atoms in total. The minimum atomic E-state index is -0.505. The number of amides is 3. The summed E-state index contributed by atoms with van der Waals surface area (Å²) in [5.74, 6) is 0.173. The second-order valence-electron chi connectivity index (χ2n) is 6.37. The van der Waals surface area contributed by atoms with Crippen LogP contribution in [0.3, 0.4) is 0 Å². The van der Waals surface area contributed by atoms with Gasteiger partial charge in [0, 0.05) is 5.69 Å². The molecule has 2 aromatic carbocycles. The molecular formula is C21H19IN2O5S. The number of nitrogens with one attached hydrogen (secondary N) is 1. The Morgan fingerprint density at radius 1 is 1.20 bits per heavy atom. The van der Waals surface area contributed by atoms with Crippen LogP contribution >= 0.6 is 34.4 Å². The monoisotopic (exact) mass is 538 g/mol. The number of hydrogen-bond donors (Lipinski definition) is 1. The van der Waals surface area contributed by atoms with E-state index in [0.717, 1.165) is 25.8 Å². The maximum Gasteiger partial charge on any atom is 0.294 e. The first-order valence-corrected chi connectivity index (χ1v) is 10.8. The minimum Gasteiger partial charge on any atom is -0.493 e. The Morgan fingerprint density at radius 2 is 1.93 bits per heavy atom. The van der Waals surface area contributed by atoms with Crippen molar-refractivity contribution in [1.82, 2.24) is 4.90 Å². The van der Waals surface area contributed by atoms with Gasteiger partial charge in [-0.3, -0.25) is 19.3 Å². The summed E-state index contributed by atoms with van der Waals surface area (Å²) in [7, 11) is 3.08. The van der Waals surface area contributed by atoms with E-state index in [1.807, 2.05) is 25.1 Å². The molecule has 2 aromatic rings. The molecule has 1 heterocycles. The Bertz CT molecular complexity index is 1050. The largest absolute Gasteiger partial charge is 0.493 e. The van der Waals surface area contributed by atoms with Gasteiger partial charge in [-0.1, -0.05) is 18.2 Å². The SMILES string of the molecule is COc1cc(/C=C2/SC(=O)N(CC(=O)Nc3ccccc3C)C2=O)cc(I)c1OC. The van der Waals surface area contributed by atoms with Crippen LogP contribution in [-0.4, -0.2) is 42.7 Å². The van der Waals surface area contributed by atoms with Gasteiger partial charge in [-0.15, -0.1) is 0 Å². The summed E-state index contributed by atoms with van der Waals surface area (Å²) in [6.45, 7) is 1.52. The number of halogens is 1. The van der Waals surface area contributed by atoms with Crippen LogP contribution in [0.2, 0.25) is 0 Å². The van der Waals surface area contributed by atoms with Gasteiger partial charge in [0.1, 0.15) is 6.54 Å². The fourth-order valence-electron chi connectivity index (χ4n) is 2.86. The van der Waals surface area contributed by atoms with E-state index in [1.54, 1.807) is 31.4 Å². The zero-order chi connectivity index (χ0) is 21.8. The molecule has 0 unspecified atom stereocenters. The van der Waals surface area contributed by atoms with Crippen LogP contribution in [0.4, 0.5) is 10.5 Å². The molecule has 156 valence electrons. The highest BCUT2D eigenvalue weighted by molar-refractivity contribution is 14.1. The zero-order valence-electron chi connectivity index (χ0n) is 16.5. The number of para-hydroxylation sites is 1. The van der Waals surface area contributed by atoms with Crippen LogP contribution < -0.4 is 14.8 Å². The van der Waals surface area contributed by atoms with Crippen molar-refractivity contribution >= 4 is 63.2 Å². The lowest BCUT2D eigenvalue weighted by molar-refractivity contribution is -0.127. The van der Waals surface area contributed by atoms with Crippen LogP contribution in [0.5, 0.6) is 11.5 Å². The Kier molecular flexibility index (Phi) is 7.03. The van der Waals surface area contributed by atoms with Crippen molar-refractivity contribution in [2.75, 3.05) is 26.1 Å². The fraction of sp³-hybridized carbons (Fsp3) is 0.190. The van der Waals surface area contributed by atoms with Gasteiger partial charge in [0.15, 0.2) is 11.5 Å². The number of methoxy groups -OCH3 is 2. The standard InChI is InChI=1S/C21H19IN2O5S/c1-12-6-4-5-7-15(12)23-18(25)11-24-20(26)17(30-21(24)27)10-13-8-14(22)19(29-3)16(9-13)28-2/h4-10H,11H2,1-3H3,(H,23,25)/b17-10+. The van der Waals surface area contributed by atoms with E-state index in [4.69, 9.17) is 9.47 Å². The van der Waals surface area contributed by atoms with E-state index in [1.165, 1.54) is 7.11 Å². The number of ether oxygens (including phenoxy) is 2. The molecule has 0 spiro atoms. The number of benzene rings is 2. The fourth-order valence-corrected chi connectivity index (χ4v) is 4.54. The first-order chi connectivity index (χ1) is 14.3. The first kappa shape index (κ1) is 22.2. The lowest BCUT2D eigenvalue weighted by Crippen LogP contribution is -2.36. The summed E-state index contributed by atoms with van der Waals surface area (Å²) in [4.78, 5) is 38.6. The average Bonchev–Trinajstić information content (AvgIpc) is 2.96. The molecule has 1 aliphatic rings. The number of anilines is 1. The minimum absolute atomic E-state index is 0.242. The van der Waals surface area contributed by atoms with Gasteiger partial charge in [-0.2, -0.15) is 0 Å². The third-order valence-electron chi connectivity index (χ3n) is 4.35. The number of thioether (sulfide) groups is 1. The lowest BCUT2D eigenvalue weighted by atomic mass is 10.2. The number of rotatable bonds is 6. The second kappa shape index (κ2) is 9.52. The Hall–Kier alpha value is -2.53. The molecule has 30 heavy (non-hydrogen) atoms. The van der Waals surface area contributed by atoms with Crippen molar-refractivity contribution in [2.24, 2.45) is 0 Å². The molecule has 9 heteroatoms. The van der Waals surface area contributed by atoms with E-state index in [-0.39, 0.29) is 11.4 Å². The lowest BCUT2D eigenvalue weighted by Gasteiger charge is -2.13. The molecule has 0 saturated carbocycles. The topological polar surface area (TPSA) is 84.9 Å². The predicted molar refractivity (Wildman–Crippen MR) is 125 cm³/mol. The van der Waals surface area contributed by atoms with Gasteiger partial charge in [-0.25, -0.2) is 0 Å². The third-order valence-corrected chi connectivity index (χ3v) is 6.06. The summed E-state index contributed by atoms with van der Waals surface area (Å²) in [5.41, 5.74) is 2.22. The molecule has 0 bridgehead atoms. The van der Waals surface area contributed by atoms with Crippen molar-refractivity contribution < 1.29 is 23.9 Å². The Labute approximate surface area is 191 Å². The van der Waals surface area contributed by atoms with Gasteiger partial charge in [-0.05, 0) is 76.7 Å². The van der Waals surface area contributed by atoms with Crippen molar-refractivity contribution in [3.8, 4) is 11.5 Å². The van der Waals surface area contributed by atoms with Crippen molar-refractivity contribution in [1.29, 1.82) is 0 Å². The van der Waals surface area contributed by atoms with Crippen LogP contribution in [-0.2, 0) is 9.59 Å². The van der Waals surface area contributed by atoms with Gasteiger partial charge >= 0.3 is 0 Å². The van der Waals surface area contributed by atoms with E-state index in [9.17, 15) is 14.4 Å². The summed E-state index contributed by atoms with van der Waals surface area (Å²) in [6.07, 6.45) is 1.61. The van der Waals surface area contributed by atoms with Crippen LogP contribution in [0.1, 0.15) is 11.1 Å². The van der Waals surface area contributed by atoms with E-state index < -0.39 is 17.1 Å². The van der Waals surface area contributed by atoms with Gasteiger partial charge in [0.25, 0.3) is 11.1 Å². The third kappa shape index (κ3) is 4.78. The van der Waals surface area contributed by atoms with E-state index in [0.29, 0.717) is 22.7 Å². The molecule has 1 aliphatic heterocycles. The first-order valence-electron chi connectivity index (χ1n) is 8.86. The smallest absolute Gasteiger partial charge is 0.294 e. The second-order valence-corrected chi connectivity index (χ2v) is 8.52. The molecule has 0 aliphatic carbocycles. The number of imide groups is 1. The molecule has 3 rings (SSSR count). The quantitative estimate of drug-likeness (QED) is 0.437. The van der Waals surface area contributed by atoms with E-state index >= 15 is 0 Å². The predicted octanol–water partition coefficient (Wildman–Crippen LogP) is 4.29. The normalized spacial score (nSPS) is 14.9. The molecule has 0 radical (unpaired) electrons. The van der Waals surface area contributed by atoms with Crippen molar-refractivity contribution in [3.05, 3.63) is 56.0 Å². The summed E-state index contributed by atoms with van der Waals surface area (Å²) in [5, 5.41) is 2.25. The maximum absolute atomic E-state index is 12.7. The van der Waals surface area contributed by atoms with Gasteiger partial charge < -0.3 is 14.8 Å². The Balaban J connectivity index is 1.77. The molecule has 0 aromatic heterocycles. The number of aryl methyl sites for hydroxylation is 1. The molecule has 0 atom stereocenters. The van der Waals surface area contributed by atoms with Gasteiger partial charge in [0.2, 0.25) is 5.91 Å². The molecular weight excluding hydrogens is 519 g/mol. The number of nitrogens with zero attached hydrogens (tertiary/aromatic N) is 1.